The zero-order chi connectivity index (χ0) is 14.8. The molecular weight excluding hydrogens is 246 g/mol. The topological polar surface area (TPSA) is 70.0 Å². The summed E-state index contributed by atoms with van der Waals surface area (Å²) in [6.07, 6.45) is 0. The first-order valence-corrected chi connectivity index (χ1v) is 6.05. The van der Waals surface area contributed by atoms with Crippen molar-refractivity contribution in [2.24, 2.45) is 0 Å². The first-order chi connectivity index (χ1) is 8.71. The van der Waals surface area contributed by atoms with Crippen LogP contribution in [0.3, 0.4) is 0 Å². The summed E-state index contributed by atoms with van der Waals surface area (Å²) < 4.78 is 5.13. The van der Waals surface area contributed by atoms with E-state index in [2.05, 4.69) is 0 Å². The number of phenolic OH excluding ortho intramolecular Hbond substituents is 1. The molecule has 19 heavy (non-hydrogen) atoms. The Balaban J connectivity index is 3.12. The summed E-state index contributed by atoms with van der Waals surface area (Å²) in [6, 6.07) is 4.66. The van der Waals surface area contributed by atoms with E-state index >= 15 is 0 Å². The summed E-state index contributed by atoms with van der Waals surface area (Å²) in [5.41, 5.74) is -0.397. The Morgan fingerprint density at radius 3 is 2.47 bits per heavy atom. The molecule has 0 bridgehead atoms. The number of carboxylic acids is 1. The Labute approximate surface area is 113 Å². The highest BCUT2D eigenvalue weighted by molar-refractivity contribution is 5.77. The molecule has 0 aliphatic carbocycles. The van der Waals surface area contributed by atoms with Gasteiger partial charge < -0.3 is 14.9 Å². The highest BCUT2D eigenvalue weighted by Gasteiger charge is 2.35. The number of hydrogen-bond donors (Lipinski definition) is 2. The molecule has 1 aromatic carbocycles. The molecule has 0 radical (unpaired) electrons. The number of carbonyl (C=O) groups is 1. The van der Waals surface area contributed by atoms with Gasteiger partial charge in [0.25, 0.3) is 0 Å². The summed E-state index contributed by atoms with van der Waals surface area (Å²) >= 11 is 0. The second-order valence-corrected chi connectivity index (χ2v) is 5.08. The van der Waals surface area contributed by atoms with Gasteiger partial charge in [-0.15, -0.1) is 0 Å². The molecule has 0 amide bonds. The Kier molecular flexibility index (Phi) is 4.42. The Hall–Kier alpha value is -1.75. The Morgan fingerprint density at radius 1 is 1.42 bits per heavy atom. The fraction of sp³-hybridized carbons (Fsp3) is 0.500. The van der Waals surface area contributed by atoms with E-state index in [1.165, 1.54) is 0 Å². The fourth-order valence-corrected chi connectivity index (χ4v) is 1.84. The van der Waals surface area contributed by atoms with E-state index in [4.69, 9.17) is 4.74 Å². The van der Waals surface area contributed by atoms with Gasteiger partial charge in [0.05, 0.1) is 7.11 Å². The molecule has 0 aromatic heterocycles. The van der Waals surface area contributed by atoms with E-state index in [-0.39, 0.29) is 11.8 Å². The van der Waals surface area contributed by atoms with Gasteiger partial charge in [0.15, 0.2) is 0 Å². The number of ether oxygens (including phenoxy) is 1. The number of rotatable bonds is 5. The van der Waals surface area contributed by atoms with Crippen LogP contribution in [0.1, 0.15) is 32.4 Å². The number of likely N-dealkylation sites (N-methyl/N-ethyl adjacent to an activating group) is 1. The highest BCUT2D eigenvalue weighted by atomic mass is 16.5. The zero-order valence-corrected chi connectivity index (χ0v) is 12.0. The molecule has 2 N–H and O–H groups in total. The van der Waals surface area contributed by atoms with Gasteiger partial charge in [-0.05, 0) is 46.0 Å². The molecule has 0 aliphatic rings. The van der Waals surface area contributed by atoms with Crippen molar-refractivity contribution < 1.29 is 19.7 Å². The van der Waals surface area contributed by atoms with Gasteiger partial charge in [-0.1, -0.05) is 0 Å². The monoisotopic (exact) mass is 267 g/mol. The van der Waals surface area contributed by atoms with Crippen LogP contribution < -0.4 is 4.74 Å². The van der Waals surface area contributed by atoms with E-state index in [1.54, 1.807) is 51.1 Å². The summed E-state index contributed by atoms with van der Waals surface area (Å²) in [5, 5.41) is 19.2. The van der Waals surface area contributed by atoms with Gasteiger partial charge in [0.2, 0.25) is 0 Å². The third kappa shape index (κ3) is 2.98. The number of phenols is 1. The van der Waals surface area contributed by atoms with Gasteiger partial charge in [0, 0.05) is 11.6 Å². The second kappa shape index (κ2) is 5.48. The maximum atomic E-state index is 11.3. The zero-order valence-electron chi connectivity index (χ0n) is 12.0. The molecule has 1 rings (SSSR count). The lowest BCUT2D eigenvalue weighted by molar-refractivity contribution is -0.149. The predicted octanol–water partition coefficient (Wildman–Crippen LogP) is 2.26. The molecule has 5 heteroatoms. The molecule has 106 valence electrons. The smallest absolute Gasteiger partial charge is 0.323 e. The quantitative estimate of drug-likeness (QED) is 0.856. The van der Waals surface area contributed by atoms with Gasteiger partial charge in [-0.25, -0.2) is 0 Å². The van der Waals surface area contributed by atoms with Crippen LogP contribution in [-0.2, 0) is 4.79 Å². The molecule has 1 unspecified atom stereocenters. The van der Waals surface area contributed by atoms with Crippen LogP contribution in [0.15, 0.2) is 18.2 Å². The van der Waals surface area contributed by atoms with Crippen LogP contribution in [0.2, 0.25) is 0 Å². The molecule has 0 spiro atoms. The maximum Gasteiger partial charge on any atom is 0.323 e. The number of benzene rings is 1. The normalized spacial score (nSPS) is 13.4. The minimum atomic E-state index is -1.03. The highest BCUT2D eigenvalue weighted by Crippen LogP contribution is 2.34. The van der Waals surface area contributed by atoms with Crippen LogP contribution in [0.25, 0.3) is 0 Å². The molecular formula is C14H21NO4. The molecule has 1 aromatic rings. The average molecular weight is 267 g/mol. The van der Waals surface area contributed by atoms with Crippen molar-refractivity contribution in [2.45, 2.75) is 32.4 Å². The minimum absolute atomic E-state index is 0.126. The molecule has 1 atom stereocenters. The molecule has 5 nitrogen and oxygen atoms in total. The Bertz CT molecular complexity index is 471. The SMILES string of the molecule is COc1ccc(O)c(C(C)N(C)C(C)(C)C(=O)O)c1. The number of aromatic hydroxyl groups is 1. The first kappa shape index (κ1) is 15.3. The van der Waals surface area contributed by atoms with Gasteiger partial charge in [-0.3, -0.25) is 9.69 Å². The number of methoxy groups -OCH3 is 1. The van der Waals surface area contributed by atoms with Crippen LogP contribution in [0.5, 0.6) is 11.5 Å². The Morgan fingerprint density at radius 2 is 2.00 bits per heavy atom. The van der Waals surface area contributed by atoms with Crippen molar-refractivity contribution in [3.8, 4) is 11.5 Å². The lowest BCUT2D eigenvalue weighted by Crippen LogP contribution is -2.48. The predicted molar refractivity (Wildman–Crippen MR) is 72.6 cm³/mol. The second-order valence-electron chi connectivity index (χ2n) is 5.08. The van der Waals surface area contributed by atoms with Gasteiger partial charge in [-0.2, -0.15) is 0 Å². The number of nitrogens with zero attached hydrogens (tertiary/aromatic N) is 1. The molecule has 0 heterocycles. The van der Waals surface area contributed by atoms with E-state index in [9.17, 15) is 15.0 Å². The fourth-order valence-electron chi connectivity index (χ4n) is 1.84. The van der Waals surface area contributed by atoms with E-state index in [0.29, 0.717) is 11.3 Å². The van der Waals surface area contributed by atoms with Crippen LogP contribution in [0, 0.1) is 0 Å². The maximum absolute atomic E-state index is 11.3. The molecule has 0 saturated carbocycles. The standard InChI is InChI=1S/C14H21NO4/c1-9(15(4)14(2,3)13(17)18)11-8-10(19-5)6-7-12(11)16/h6-9,16H,1-5H3,(H,17,18). The van der Waals surface area contributed by atoms with Crippen molar-refractivity contribution >= 4 is 5.97 Å². The number of aliphatic carboxylic acids is 1. The van der Waals surface area contributed by atoms with Crippen molar-refractivity contribution in [1.82, 2.24) is 4.90 Å². The van der Waals surface area contributed by atoms with Gasteiger partial charge in [0.1, 0.15) is 17.0 Å². The molecule has 0 fully saturated rings. The summed E-state index contributed by atoms with van der Waals surface area (Å²) in [6.45, 7) is 5.10. The van der Waals surface area contributed by atoms with Crippen molar-refractivity contribution in [2.75, 3.05) is 14.2 Å². The summed E-state index contributed by atoms with van der Waals surface area (Å²) in [4.78, 5) is 13.0. The lowest BCUT2D eigenvalue weighted by atomic mass is 9.97. The van der Waals surface area contributed by atoms with Gasteiger partial charge >= 0.3 is 5.97 Å². The summed E-state index contributed by atoms with van der Waals surface area (Å²) in [7, 11) is 3.27. The van der Waals surface area contributed by atoms with Crippen molar-refractivity contribution in [1.29, 1.82) is 0 Å². The summed E-state index contributed by atoms with van der Waals surface area (Å²) in [5.74, 6) is -0.160. The van der Waals surface area contributed by atoms with Crippen LogP contribution >= 0.6 is 0 Å². The van der Waals surface area contributed by atoms with E-state index in [1.807, 2.05) is 6.92 Å². The molecule has 0 aliphatic heterocycles. The van der Waals surface area contributed by atoms with Crippen LogP contribution in [0.4, 0.5) is 0 Å². The number of hydrogen-bond acceptors (Lipinski definition) is 4. The minimum Gasteiger partial charge on any atom is -0.508 e. The third-order valence-electron chi connectivity index (χ3n) is 3.67. The third-order valence-corrected chi connectivity index (χ3v) is 3.67. The van der Waals surface area contributed by atoms with Crippen LogP contribution in [-0.4, -0.2) is 40.8 Å². The first-order valence-electron chi connectivity index (χ1n) is 6.05. The average Bonchev–Trinajstić information content (AvgIpc) is 2.37. The van der Waals surface area contributed by atoms with E-state index < -0.39 is 11.5 Å². The number of carboxylic acid groups (broad SMARTS) is 1. The van der Waals surface area contributed by atoms with Crippen molar-refractivity contribution in [3.05, 3.63) is 23.8 Å². The lowest BCUT2D eigenvalue weighted by Gasteiger charge is -2.36. The molecule has 0 saturated heterocycles. The van der Waals surface area contributed by atoms with E-state index in [0.717, 1.165) is 0 Å². The van der Waals surface area contributed by atoms with Crippen molar-refractivity contribution in [3.63, 3.8) is 0 Å². The largest absolute Gasteiger partial charge is 0.508 e.